The number of hydrogen-bond acceptors (Lipinski definition) is 4. The zero-order valence-corrected chi connectivity index (χ0v) is 11.4. The summed E-state index contributed by atoms with van der Waals surface area (Å²) in [5, 5.41) is 0. The summed E-state index contributed by atoms with van der Waals surface area (Å²) in [4.78, 5) is 14.2. The lowest BCUT2D eigenvalue weighted by atomic mass is 9.81. The molecule has 1 fully saturated rings. The van der Waals surface area contributed by atoms with Crippen molar-refractivity contribution in [2.24, 2.45) is 5.41 Å². The quantitative estimate of drug-likeness (QED) is 0.818. The van der Waals surface area contributed by atoms with Crippen LogP contribution in [0.1, 0.15) is 25.8 Å². The second-order valence-electron chi connectivity index (χ2n) is 5.96. The summed E-state index contributed by atoms with van der Waals surface area (Å²) >= 11 is 0. The predicted molar refractivity (Wildman–Crippen MR) is 71.2 cm³/mol. The van der Waals surface area contributed by atoms with Crippen molar-refractivity contribution in [3.05, 3.63) is 23.8 Å². The van der Waals surface area contributed by atoms with Gasteiger partial charge in [0.05, 0.1) is 6.54 Å². The van der Waals surface area contributed by atoms with Crippen LogP contribution in [0.2, 0.25) is 0 Å². The number of rotatable bonds is 2. The summed E-state index contributed by atoms with van der Waals surface area (Å²) in [5.74, 6) is 1.94. The molecule has 102 valence electrons. The first-order chi connectivity index (χ1) is 9.04. The molecule has 1 aromatic rings. The molecular weight excluding hydrogens is 242 g/mol. The van der Waals surface area contributed by atoms with E-state index in [1.54, 1.807) is 0 Å². The lowest BCUT2D eigenvalue weighted by molar-refractivity contribution is -0.132. The maximum absolute atomic E-state index is 12.0. The number of benzene rings is 1. The van der Waals surface area contributed by atoms with E-state index >= 15 is 0 Å². The second kappa shape index (κ2) is 4.53. The van der Waals surface area contributed by atoms with E-state index in [0.29, 0.717) is 19.1 Å². The molecule has 1 aromatic carbocycles. The van der Waals surface area contributed by atoms with Crippen LogP contribution >= 0.6 is 0 Å². The molecule has 0 unspecified atom stereocenters. The van der Waals surface area contributed by atoms with Gasteiger partial charge in [-0.3, -0.25) is 9.69 Å². The van der Waals surface area contributed by atoms with Gasteiger partial charge in [0.2, 0.25) is 6.79 Å². The van der Waals surface area contributed by atoms with Crippen molar-refractivity contribution in [2.75, 3.05) is 19.9 Å². The summed E-state index contributed by atoms with van der Waals surface area (Å²) < 4.78 is 10.7. The third kappa shape index (κ3) is 2.45. The molecule has 4 heteroatoms. The standard InChI is InChI=1S/C15H19NO3/c1-15(2)5-6-16(9-14(15)17)8-11-3-4-12-13(7-11)19-10-18-12/h3-4,7H,5-6,8-10H2,1-2H3. The van der Waals surface area contributed by atoms with Crippen LogP contribution in [-0.2, 0) is 11.3 Å². The summed E-state index contributed by atoms with van der Waals surface area (Å²) in [5.41, 5.74) is 1.00. The number of likely N-dealkylation sites (tertiary alicyclic amines) is 1. The Hall–Kier alpha value is -1.55. The van der Waals surface area contributed by atoms with Crippen LogP contribution in [-0.4, -0.2) is 30.6 Å². The molecule has 4 nitrogen and oxygen atoms in total. The monoisotopic (exact) mass is 261 g/mol. The van der Waals surface area contributed by atoms with E-state index in [2.05, 4.69) is 4.90 Å². The first-order valence-electron chi connectivity index (χ1n) is 6.69. The Labute approximate surface area is 113 Å². The fraction of sp³-hybridized carbons (Fsp3) is 0.533. The van der Waals surface area contributed by atoms with Crippen LogP contribution in [0.3, 0.4) is 0 Å². The van der Waals surface area contributed by atoms with Gasteiger partial charge in [-0.05, 0) is 30.7 Å². The van der Waals surface area contributed by atoms with Crippen molar-refractivity contribution in [3.8, 4) is 11.5 Å². The van der Waals surface area contributed by atoms with Gasteiger partial charge in [-0.1, -0.05) is 19.9 Å². The molecule has 0 spiro atoms. The maximum Gasteiger partial charge on any atom is 0.231 e. The van der Waals surface area contributed by atoms with Crippen molar-refractivity contribution < 1.29 is 14.3 Å². The molecule has 0 radical (unpaired) electrons. The van der Waals surface area contributed by atoms with Gasteiger partial charge in [0, 0.05) is 12.0 Å². The van der Waals surface area contributed by atoms with Gasteiger partial charge in [0.1, 0.15) is 0 Å². The van der Waals surface area contributed by atoms with E-state index in [1.807, 2.05) is 32.0 Å². The minimum atomic E-state index is -0.161. The summed E-state index contributed by atoms with van der Waals surface area (Å²) in [6.07, 6.45) is 0.927. The van der Waals surface area contributed by atoms with E-state index in [9.17, 15) is 4.79 Å². The Morgan fingerprint density at radius 3 is 2.84 bits per heavy atom. The Morgan fingerprint density at radius 1 is 1.26 bits per heavy atom. The molecule has 3 rings (SSSR count). The van der Waals surface area contributed by atoms with Gasteiger partial charge in [0.15, 0.2) is 17.3 Å². The van der Waals surface area contributed by atoms with Gasteiger partial charge in [-0.2, -0.15) is 0 Å². The zero-order chi connectivity index (χ0) is 13.5. The Balaban J connectivity index is 1.68. The number of fused-ring (bicyclic) bond motifs is 1. The van der Waals surface area contributed by atoms with E-state index in [-0.39, 0.29) is 5.41 Å². The van der Waals surface area contributed by atoms with Crippen LogP contribution in [0.25, 0.3) is 0 Å². The van der Waals surface area contributed by atoms with Gasteiger partial charge >= 0.3 is 0 Å². The highest BCUT2D eigenvalue weighted by Gasteiger charge is 2.33. The van der Waals surface area contributed by atoms with E-state index < -0.39 is 0 Å². The van der Waals surface area contributed by atoms with Gasteiger partial charge in [-0.15, -0.1) is 0 Å². The minimum absolute atomic E-state index is 0.161. The largest absolute Gasteiger partial charge is 0.454 e. The molecular formula is C15H19NO3. The Bertz CT molecular complexity index is 510. The first-order valence-corrected chi connectivity index (χ1v) is 6.69. The van der Waals surface area contributed by atoms with Crippen LogP contribution in [0, 0.1) is 5.41 Å². The van der Waals surface area contributed by atoms with Crippen molar-refractivity contribution in [2.45, 2.75) is 26.8 Å². The molecule has 0 saturated carbocycles. The highest BCUT2D eigenvalue weighted by atomic mass is 16.7. The zero-order valence-electron chi connectivity index (χ0n) is 11.4. The highest BCUT2D eigenvalue weighted by Crippen LogP contribution is 2.33. The fourth-order valence-electron chi connectivity index (χ4n) is 2.51. The maximum atomic E-state index is 12.0. The van der Waals surface area contributed by atoms with Gasteiger partial charge in [0.25, 0.3) is 0 Å². The van der Waals surface area contributed by atoms with E-state index in [1.165, 1.54) is 0 Å². The first kappa shape index (κ1) is 12.5. The van der Waals surface area contributed by atoms with Crippen molar-refractivity contribution in [1.82, 2.24) is 4.90 Å². The number of carbonyl (C=O) groups is 1. The Kier molecular flexibility index (Phi) is 2.97. The minimum Gasteiger partial charge on any atom is -0.454 e. The average molecular weight is 261 g/mol. The summed E-state index contributed by atoms with van der Waals surface area (Å²) in [6, 6.07) is 5.98. The lowest BCUT2D eigenvalue weighted by Gasteiger charge is -2.35. The van der Waals surface area contributed by atoms with Gasteiger partial charge < -0.3 is 9.47 Å². The van der Waals surface area contributed by atoms with Crippen molar-refractivity contribution in [1.29, 1.82) is 0 Å². The van der Waals surface area contributed by atoms with Crippen LogP contribution in [0.4, 0.5) is 0 Å². The molecule has 2 aliphatic rings. The molecule has 0 atom stereocenters. The second-order valence-corrected chi connectivity index (χ2v) is 5.96. The van der Waals surface area contributed by atoms with Crippen LogP contribution in [0.15, 0.2) is 18.2 Å². The number of ketones is 1. The predicted octanol–water partition coefficient (Wildman–Crippen LogP) is 2.22. The van der Waals surface area contributed by atoms with E-state index in [0.717, 1.165) is 36.6 Å². The molecule has 19 heavy (non-hydrogen) atoms. The van der Waals surface area contributed by atoms with Crippen LogP contribution in [0.5, 0.6) is 11.5 Å². The molecule has 0 N–H and O–H groups in total. The molecule has 2 heterocycles. The molecule has 1 saturated heterocycles. The number of nitrogens with zero attached hydrogens (tertiary/aromatic N) is 1. The smallest absolute Gasteiger partial charge is 0.231 e. The molecule has 0 bridgehead atoms. The fourth-order valence-corrected chi connectivity index (χ4v) is 2.51. The highest BCUT2D eigenvalue weighted by molar-refractivity contribution is 5.86. The number of carbonyl (C=O) groups excluding carboxylic acids is 1. The number of piperidine rings is 1. The molecule has 0 aliphatic carbocycles. The third-order valence-electron chi connectivity index (χ3n) is 4.02. The third-order valence-corrected chi connectivity index (χ3v) is 4.02. The normalized spacial score (nSPS) is 21.7. The van der Waals surface area contributed by atoms with Gasteiger partial charge in [-0.25, -0.2) is 0 Å². The van der Waals surface area contributed by atoms with Crippen LogP contribution < -0.4 is 9.47 Å². The van der Waals surface area contributed by atoms with Crippen molar-refractivity contribution >= 4 is 5.78 Å². The summed E-state index contributed by atoms with van der Waals surface area (Å²) in [7, 11) is 0. The number of hydrogen-bond donors (Lipinski definition) is 0. The molecule has 0 aromatic heterocycles. The Morgan fingerprint density at radius 2 is 2.05 bits per heavy atom. The SMILES string of the molecule is CC1(C)CCN(Cc2ccc3c(c2)OCO3)CC1=O. The van der Waals surface area contributed by atoms with Crippen molar-refractivity contribution in [3.63, 3.8) is 0 Å². The molecule has 0 amide bonds. The van der Waals surface area contributed by atoms with E-state index in [4.69, 9.17) is 9.47 Å². The summed E-state index contributed by atoms with van der Waals surface area (Å²) in [6.45, 7) is 6.67. The lowest BCUT2D eigenvalue weighted by Crippen LogP contribution is -2.44. The number of ether oxygens (including phenoxy) is 2. The average Bonchev–Trinajstić information content (AvgIpc) is 2.82. The number of Topliss-reactive ketones (excluding diaryl/α,β-unsaturated/α-hetero) is 1. The topological polar surface area (TPSA) is 38.8 Å². The molecule has 2 aliphatic heterocycles.